The maximum absolute atomic E-state index is 11.4. The van der Waals surface area contributed by atoms with Crippen LogP contribution < -0.4 is 5.84 Å². The number of nitrogens with zero attached hydrogens (tertiary/aromatic N) is 2. The Hall–Kier alpha value is -2.39. The molecule has 0 aliphatic rings. The van der Waals surface area contributed by atoms with E-state index in [1.165, 1.54) is 0 Å². The second-order valence-corrected chi connectivity index (χ2v) is 5.48. The van der Waals surface area contributed by atoms with Gasteiger partial charge in [-0.3, -0.25) is 4.55 Å². The smallest absolute Gasteiger partial charge is 0.357 e. The van der Waals surface area contributed by atoms with Crippen LogP contribution in [0, 0.1) is 6.92 Å². The molecule has 2 rings (SSSR count). The standard InChI is InChI=1S/C11H11N3O5S/c1-6-2-4-7(5-3-6)9-10(20(17,18)19)8(11(15)16)13-14(9)12/h2-5H,12H2,1H3,(H,15,16)(H,17,18,19). The molecule has 0 saturated carbocycles. The summed E-state index contributed by atoms with van der Waals surface area (Å²) >= 11 is 0. The van der Waals surface area contributed by atoms with Crippen molar-refractivity contribution >= 4 is 16.1 Å². The molecule has 0 aliphatic heterocycles. The molecule has 4 N–H and O–H groups in total. The summed E-state index contributed by atoms with van der Waals surface area (Å²) in [6, 6.07) is 6.49. The van der Waals surface area contributed by atoms with Crippen LogP contribution in [0.15, 0.2) is 29.2 Å². The molecule has 0 atom stereocenters. The number of benzene rings is 1. The van der Waals surface area contributed by atoms with E-state index in [1.54, 1.807) is 24.3 Å². The van der Waals surface area contributed by atoms with Crippen molar-refractivity contribution in [1.82, 2.24) is 9.89 Å². The monoisotopic (exact) mass is 297 g/mol. The molecule has 2 aromatic rings. The highest BCUT2D eigenvalue weighted by atomic mass is 32.2. The largest absolute Gasteiger partial charge is 0.476 e. The lowest BCUT2D eigenvalue weighted by molar-refractivity contribution is 0.0685. The SMILES string of the molecule is Cc1ccc(-c2c(S(=O)(=O)O)c(C(=O)O)nn2N)cc1. The van der Waals surface area contributed by atoms with Crippen molar-refractivity contribution in [3.63, 3.8) is 0 Å². The number of rotatable bonds is 3. The molecule has 0 fully saturated rings. The van der Waals surface area contributed by atoms with Crippen molar-refractivity contribution in [3.8, 4) is 11.3 Å². The minimum atomic E-state index is -4.79. The summed E-state index contributed by atoms with van der Waals surface area (Å²) in [4.78, 5) is 10.8. The van der Waals surface area contributed by atoms with Gasteiger partial charge in [0.1, 0.15) is 5.69 Å². The zero-order valence-corrected chi connectivity index (χ0v) is 11.1. The summed E-state index contributed by atoms with van der Waals surface area (Å²) in [5.41, 5.74) is 0.227. The molecule has 1 heterocycles. The fourth-order valence-corrected chi connectivity index (χ4v) is 2.61. The van der Waals surface area contributed by atoms with Gasteiger partial charge in [0.15, 0.2) is 10.6 Å². The second kappa shape index (κ2) is 4.62. The molecule has 8 nitrogen and oxygen atoms in total. The van der Waals surface area contributed by atoms with Gasteiger partial charge < -0.3 is 10.9 Å². The number of hydrogen-bond donors (Lipinski definition) is 3. The van der Waals surface area contributed by atoms with Gasteiger partial charge in [-0.15, -0.1) is 5.10 Å². The van der Waals surface area contributed by atoms with Gasteiger partial charge in [-0.25, -0.2) is 4.79 Å². The van der Waals surface area contributed by atoms with Crippen LogP contribution >= 0.6 is 0 Å². The van der Waals surface area contributed by atoms with Gasteiger partial charge in [-0.2, -0.15) is 13.2 Å². The third-order valence-electron chi connectivity index (χ3n) is 2.65. The minimum absolute atomic E-state index is 0.190. The Kier molecular flexibility index (Phi) is 3.24. The molecular formula is C11H11N3O5S. The first-order valence-electron chi connectivity index (χ1n) is 5.37. The lowest BCUT2D eigenvalue weighted by atomic mass is 10.1. The van der Waals surface area contributed by atoms with Crippen LogP contribution in [0.5, 0.6) is 0 Å². The topological polar surface area (TPSA) is 136 Å². The lowest BCUT2D eigenvalue weighted by Crippen LogP contribution is -2.13. The molecule has 0 amide bonds. The number of carboxylic acids is 1. The van der Waals surface area contributed by atoms with Crippen LogP contribution in [0.4, 0.5) is 0 Å². The number of nitrogen functional groups attached to an aromatic ring is 1. The Morgan fingerprint density at radius 2 is 1.85 bits per heavy atom. The van der Waals surface area contributed by atoms with Gasteiger partial charge in [0.25, 0.3) is 10.1 Å². The average Bonchev–Trinajstić information content (AvgIpc) is 2.68. The average molecular weight is 297 g/mol. The molecule has 1 aromatic carbocycles. The molecule has 106 valence electrons. The van der Waals surface area contributed by atoms with Crippen molar-refractivity contribution in [3.05, 3.63) is 35.5 Å². The number of carboxylic acid groups (broad SMARTS) is 1. The summed E-state index contributed by atoms with van der Waals surface area (Å²) in [6.45, 7) is 1.83. The molecule has 0 saturated heterocycles. The normalized spacial score (nSPS) is 11.5. The van der Waals surface area contributed by atoms with E-state index in [-0.39, 0.29) is 5.69 Å². The summed E-state index contributed by atoms with van der Waals surface area (Å²) < 4.78 is 32.1. The van der Waals surface area contributed by atoms with Crippen molar-refractivity contribution in [2.75, 3.05) is 5.84 Å². The summed E-state index contributed by atoms with van der Waals surface area (Å²) in [5.74, 6) is 3.91. The first-order valence-corrected chi connectivity index (χ1v) is 6.81. The fourth-order valence-electron chi connectivity index (χ4n) is 1.78. The molecule has 0 bridgehead atoms. The number of aromatic nitrogens is 2. The Morgan fingerprint density at radius 3 is 2.30 bits per heavy atom. The maximum Gasteiger partial charge on any atom is 0.357 e. The highest BCUT2D eigenvalue weighted by Crippen LogP contribution is 2.29. The number of carbonyl (C=O) groups is 1. The van der Waals surface area contributed by atoms with Gasteiger partial charge in [-0.1, -0.05) is 29.8 Å². The molecule has 0 unspecified atom stereocenters. The Morgan fingerprint density at radius 1 is 1.30 bits per heavy atom. The van der Waals surface area contributed by atoms with Gasteiger partial charge in [0.05, 0.1) is 0 Å². The summed E-state index contributed by atoms with van der Waals surface area (Å²) in [5, 5.41) is 12.4. The maximum atomic E-state index is 11.4. The molecule has 20 heavy (non-hydrogen) atoms. The number of hydrogen-bond acceptors (Lipinski definition) is 5. The van der Waals surface area contributed by atoms with Crippen molar-refractivity contribution in [2.45, 2.75) is 11.8 Å². The van der Waals surface area contributed by atoms with E-state index >= 15 is 0 Å². The predicted octanol–water partition coefficient (Wildman–Crippen LogP) is 0.517. The van der Waals surface area contributed by atoms with E-state index in [9.17, 15) is 17.8 Å². The summed E-state index contributed by atoms with van der Waals surface area (Å²) in [7, 11) is -4.79. The van der Waals surface area contributed by atoms with Crippen LogP contribution in [0.1, 0.15) is 16.1 Å². The lowest BCUT2D eigenvalue weighted by Gasteiger charge is -2.04. The zero-order chi connectivity index (χ0) is 15.1. The molecule has 9 heteroatoms. The van der Waals surface area contributed by atoms with Crippen molar-refractivity contribution < 1.29 is 22.9 Å². The quantitative estimate of drug-likeness (QED) is 0.555. The Labute approximate surface area is 114 Å². The first kappa shape index (κ1) is 14.0. The second-order valence-electron chi connectivity index (χ2n) is 4.12. The molecule has 0 radical (unpaired) electrons. The highest BCUT2D eigenvalue weighted by Gasteiger charge is 2.31. The van der Waals surface area contributed by atoms with Crippen LogP contribution in [0.3, 0.4) is 0 Å². The number of aryl methyl sites for hydroxylation is 1. The first-order chi connectivity index (χ1) is 9.21. The highest BCUT2D eigenvalue weighted by molar-refractivity contribution is 7.86. The minimum Gasteiger partial charge on any atom is -0.476 e. The van der Waals surface area contributed by atoms with E-state index in [0.29, 0.717) is 10.4 Å². The molecule has 0 spiro atoms. The van der Waals surface area contributed by atoms with Gasteiger partial charge in [-0.05, 0) is 6.92 Å². The zero-order valence-electron chi connectivity index (χ0n) is 10.3. The number of aromatic carboxylic acids is 1. The Balaban J connectivity index is 2.82. The van der Waals surface area contributed by atoms with Crippen LogP contribution in [0.25, 0.3) is 11.3 Å². The Bertz CT molecular complexity index is 777. The van der Waals surface area contributed by atoms with Crippen molar-refractivity contribution in [1.29, 1.82) is 0 Å². The van der Waals surface area contributed by atoms with Gasteiger partial charge in [0.2, 0.25) is 0 Å². The van der Waals surface area contributed by atoms with E-state index in [4.69, 9.17) is 10.9 Å². The van der Waals surface area contributed by atoms with Crippen molar-refractivity contribution in [2.24, 2.45) is 0 Å². The molecule has 1 aromatic heterocycles. The van der Waals surface area contributed by atoms with Gasteiger partial charge in [0, 0.05) is 5.56 Å². The molecule has 0 aliphatic carbocycles. The number of nitrogens with two attached hydrogens (primary N) is 1. The fraction of sp³-hybridized carbons (Fsp3) is 0.0909. The van der Waals surface area contributed by atoms with Crippen LogP contribution in [0.2, 0.25) is 0 Å². The van der Waals surface area contributed by atoms with Crippen LogP contribution in [-0.4, -0.2) is 33.9 Å². The third-order valence-corrected chi connectivity index (χ3v) is 3.56. The van der Waals surface area contributed by atoms with E-state index in [0.717, 1.165) is 5.56 Å². The summed E-state index contributed by atoms with van der Waals surface area (Å²) in [6.07, 6.45) is 0. The molecular weight excluding hydrogens is 286 g/mol. The third kappa shape index (κ3) is 2.36. The van der Waals surface area contributed by atoms with E-state index in [2.05, 4.69) is 5.10 Å². The van der Waals surface area contributed by atoms with Gasteiger partial charge >= 0.3 is 5.97 Å². The van der Waals surface area contributed by atoms with E-state index < -0.39 is 26.7 Å². The predicted molar refractivity (Wildman–Crippen MR) is 69.3 cm³/mol. The van der Waals surface area contributed by atoms with E-state index in [1.807, 2.05) is 6.92 Å². The van der Waals surface area contributed by atoms with Crippen LogP contribution in [-0.2, 0) is 10.1 Å².